The number of hydrogen-bond donors (Lipinski definition) is 2. The molecule has 0 saturated heterocycles. The minimum atomic E-state index is -3.01. The van der Waals surface area contributed by atoms with E-state index in [4.69, 9.17) is 16.3 Å². The Morgan fingerprint density at radius 3 is 2.43 bits per heavy atom. The minimum Gasteiger partial charge on any atom is -0.496 e. The molecule has 9 nitrogen and oxygen atoms in total. The smallest absolute Gasteiger partial charge is 0.273 e. The Labute approximate surface area is 211 Å². The summed E-state index contributed by atoms with van der Waals surface area (Å²) in [6.07, 6.45) is 8.30. The van der Waals surface area contributed by atoms with Gasteiger partial charge in [0.1, 0.15) is 21.4 Å². The third-order valence-corrected chi connectivity index (χ3v) is 9.01. The molecule has 0 aromatic carbocycles. The summed E-state index contributed by atoms with van der Waals surface area (Å²) < 4.78 is 30.9. The van der Waals surface area contributed by atoms with Crippen LogP contribution in [0.15, 0.2) is 12.3 Å². The van der Waals surface area contributed by atoms with Crippen molar-refractivity contribution in [2.75, 3.05) is 31.8 Å². The molecule has 2 fully saturated rings. The maximum absolute atomic E-state index is 13.0. The predicted octanol–water partition coefficient (Wildman–Crippen LogP) is 3.78. The lowest BCUT2D eigenvalue weighted by atomic mass is 9.89. The van der Waals surface area contributed by atoms with Gasteiger partial charge in [0.2, 0.25) is 0 Å². The second-order valence-electron chi connectivity index (χ2n) is 9.60. The molecule has 4 rings (SSSR count). The van der Waals surface area contributed by atoms with Crippen molar-refractivity contribution in [2.24, 2.45) is 11.8 Å². The Balaban J connectivity index is 1.46. The van der Waals surface area contributed by atoms with Gasteiger partial charge in [0.15, 0.2) is 5.69 Å². The van der Waals surface area contributed by atoms with Crippen molar-refractivity contribution in [1.82, 2.24) is 20.1 Å². The summed E-state index contributed by atoms with van der Waals surface area (Å²) in [5.41, 5.74) is 1.42. The van der Waals surface area contributed by atoms with Crippen LogP contribution in [0.4, 0.5) is 5.82 Å². The number of nitrogens with one attached hydrogen (secondary N) is 2. The van der Waals surface area contributed by atoms with Crippen molar-refractivity contribution in [3.63, 3.8) is 0 Å². The number of sulfone groups is 1. The van der Waals surface area contributed by atoms with Crippen LogP contribution in [0.2, 0.25) is 5.02 Å². The number of amides is 1. The summed E-state index contributed by atoms with van der Waals surface area (Å²) in [4.78, 5) is 17.5. The van der Waals surface area contributed by atoms with Crippen LogP contribution in [-0.4, -0.2) is 60.8 Å². The topological polar surface area (TPSA) is 115 Å². The molecule has 2 aliphatic carbocycles. The molecule has 11 heteroatoms. The number of nitrogens with zero attached hydrogens (tertiary/aromatic N) is 3. The first-order chi connectivity index (χ1) is 16.7. The van der Waals surface area contributed by atoms with Crippen molar-refractivity contribution in [1.29, 1.82) is 0 Å². The van der Waals surface area contributed by atoms with Crippen LogP contribution >= 0.6 is 11.6 Å². The van der Waals surface area contributed by atoms with Gasteiger partial charge in [-0.2, -0.15) is 5.10 Å². The number of carbonyl (C=O) groups excluding carboxylic acids is 1. The fourth-order valence-electron chi connectivity index (χ4n) is 4.61. The van der Waals surface area contributed by atoms with Crippen LogP contribution in [0.5, 0.6) is 5.75 Å². The lowest BCUT2D eigenvalue weighted by Crippen LogP contribution is -2.34. The number of anilines is 1. The van der Waals surface area contributed by atoms with Gasteiger partial charge < -0.3 is 15.4 Å². The van der Waals surface area contributed by atoms with Crippen molar-refractivity contribution in [2.45, 2.75) is 57.2 Å². The quantitative estimate of drug-likeness (QED) is 0.487. The Hall–Kier alpha value is -2.33. The molecule has 0 spiro atoms. The summed E-state index contributed by atoms with van der Waals surface area (Å²) in [5, 5.41) is 10.7. The average Bonchev–Trinajstić information content (AvgIpc) is 3.62. The third-order valence-electron chi connectivity index (χ3n) is 6.97. The highest BCUT2D eigenvalue weighted by molar-refractivity contribution is 7.91. The number of ether oxygens (including phenoxy) is 1. The number of halogens is 1. The van der Waals surface area contributed by atoms with Gasteiger partial charge in [0.05, 0.1) is 28.6 Å². The number of pyridine rings is 1. The van der Waals surface area contributed by atoms with E-state index in [1.165, 1.54) is 19.1 Å². The first-order valence-corrected chi connectivity index (χ1v) is 14.6. The second-order valence-corrected chi connectivity index (χ2v) is 12.3. The summed E-state index contributed by atoms with van der Waals surface area (Å²) >= 11 is 6.70. The van der Waals surface area contributed by atoms with Gasteiger partial charge >= 0.3 is 0 Å². The molecule has 2 saturated carbocycles. The molecule has 0 bridgehead atoms. The molecule has 0 unspecified atom stereocenters. The maximum atomic E-state index is 13.0. The molecule has 2 aromatic heterocycles. The Kier molecular flexibility index (Phi) is 7.90. The van der Waals surface area contributed by atoms with E-state index in [0.717, 1.165) is 25.2 Å². The lowest BCUT2D eigenvalue weighted by Gasteiger charge is -2.27. The number of aryl methyl sites for hydroxylation is 1. The van der Waals surface area contributed by atoms with E-state index < -0.39 is 9.84 Å². The number of aromatic nitrogens is 3. The number of rotatable bonds is 10. The van der Waals surface area contributed by atoms with Gasteiger partial charge in [-0.1, -0.05) is 11.6 Å². The minimum absolute atomic E-state index is 0.159. The van der Waals surface area contributed by atoms with Gasteiger partial charge in [0.25, 0.3) is 5.91 Å². The zero-order valence-electron chi connectivity index (χ0n) is 20.5. The number of carbonyl (C=O) groups is 1. The average molecular weight is 524 g/mol. The highest BCUT2D eigenvalue weighted by Crippen LogP contribution is 2.38. The first kappa shape index (κ1) is 25.8. The molecule has 2 aliphatic rings. The van der Waals surface area contributed by atoms with Gasteiger partial charge in [0, 0.05) is 38.2 Å². The molecular weight excluding hydrogens is 490 g/mol. The standard InChI is InChI=1S/C24H34ClN5O4S/c1-4-30-23(18-14-27-20(11-19(18)34-2)26-12-15-5-6-15)21(25)22(29-30)24(31)28-13-16-7-9-17(10-8-16)35(3,32)33/h11,14-17H,4-10,12-13H2,1-3H3,(H,26,27)(H,28,31). The molecule has 35 heavy (non-hydrogen) atoms. The predicted molar refractivity (Wildman–Crippen MR) is 137 cm³/mol. The fraction of sp³-hybridized carbons (Fsp3) is 0.625. The lowest BCUT2D eigenvalue weighted by molar-refractivity contribution is 0.0938. The SMILES string of the molecule is CCn1nc(C(=O)NCC2CCC(S(C)(=O)=O)CC2)c(Cl)c1-c1cnc(NCC2CC2)cc1OC. The fourth-order valence-corrected chi connectivity index (χ4v) is 6.06. The highest BCUT2D eigenvalue weighted by Gasteiger charge is 2.29. The Morgan fingerprint density at radius 1 is 1.17 bits per heavy atom. The summed E-state index contributed by atoms with van der Waals surface area (Å²) in [5.74, 6) is 1.95. The van der Waals surface area contributed by atoms with Gasteiger partial charge in [-0.05, 0) is 57.3 Å². The van der Waals surface area contributed by atoms with Crippen molar-refractivity contribution in [3.8, 4) is 17.0 Å². The van der Waals surface area contributed by atoms with Crippen LogP contribution < -0.4 is 15.4 Å². The van der Waals surface area contributed by atoms with E-state index in [0.29, 0.717) is 48.9 Å². The molecule has 1 amide bonds. The molecule has 0 atom stereocenters. The molecule has 2 aromatic rings. The zero-order valence-corrected chi connectivity index (χ0v) is 22.1. The van der Waals surface area contributed by atoms with Crippen LogP contribution in [0.1, 0.15) is 55.9 Å². The summed E-state index contributed by atoms with van der Waals surface area (Å²) in [6, 6.07) is 1.84. The molecule has 0 radical (unpaired) electrons. The van der Waals surface area contributed by atoms with Crippen molar-refractivity contribution < 1.29 is 17.9 Å². The Bertz CT molecular complexity index is 1170. The molecule has 192 valence electrons. The van der Waals surface area contributed by atoms with E-state index in [1.54, 1.807) is 18.0 Å². The molecular formula is C24H34ClN5O4S. The van der Waals surface area contributed by atoms with E-state index in [9.17, 15) is 13.2 Å². The monoisotopic (exact) mass is 523 g/mol. The van der Waals surface area contributed by atoms with Crippen LogP contribution in [0.3, 0.4) is 0 Å². The second kappa shape index (κ2) is 10.7. The van der Waals surface area contributed by atoms with Crippen LogP contribution in [0, 0.1) is 11.8 Å². The molecule has 0 aliphatic heterocycles. The summed E-state index contributed by atoms with van der Waals surface area (Å²) in [7, 11) is -1.42. The van der Waals surface area contributed by atoms with E-state index in [-0.39, 0.29) is 27.8 Å². The van der Waals surface area contributed by atoms with Crippen molar-refractivity contribution >= 4 is 33.2 Å². The van der Waals surface area contributed by atoms with E-state index in [1.807, 2.05) is 13.0 Å². The third kappa shape index (κ3) is 6.09. The van der Waals surface area contributed by atoms with Gasteiger partial charge in [-0.3, -0.25) is 9.48 Å². The van der Waals surface area contributed by atoms with Gasteiger partial charge in [-0.15, -0.1) is 0 Å². The van der Waals surface area contributed by atoms with Gasteiger partial charge in [-0.25, -0.2) is 13.4 Å². The zero-order chi connectivity index (χ0) is 25.2. The largest absolute Gasteiger partial charge is 0.496 e. The van der Waals surface area contributed by atoms with E-state index in [2.05, 4.69) is 20.7 Å². The van der Waals surface area contributed by atoms with Crippen LogP contribution in [0.25, 0.3) is 11.3 Å². The number of hydrogen-bond acceptors (Lipinski definition) is 7. The summed E-state index contributed by atoms with van der Waals surface area (Å²) in [6.45, 7) is 3.80. The van der Waals surface area contributed by atoms with Crippen molar-refractivity contribution in [3.05, 3.63) is 23.0 Å². The van der Waals surface area contributed by atoms with Crippen LogP contribution in [-0.2, 0) is 16.4 Å². The highest BCUT2D eigenvalue weighted by atomic mass is 35.5. The molecule has 2 N–H and O–H groups in total. The molecule has 2 heterocycles. The normalized spacial score (nSPS) is 20.5. The maximum Gasteiger partial charge on any atom is 0.273 e. The van der Waals surface area contributed by atoms with E-state index >= 15 is 0 Å². The first-order valence-electron chi connectivity index (χ1n) is 12.2. The number of methoxy groups -OCH3 is 1. The Morgan fingerprint density at radius 2 is 1.83 bits per heavy atom.